The first-order chi connectivity index (χ1) is 9.31. The van der Waals surface area contributed by atoms with Crippen molar-refractivity contribution in [2.75, 3.05) is 20.8 Å². The van der Waals surface area contributed by atoms with Crippen LogP contribution in [0.3, 0.4) is 0 Å². The van der Waals surface area contributed by atoms with Gasteiger partial charge >= 0.3 is 5.97 Å². The Balaban J connectivity index is 2.81. The van der Waals surface area contributed by atoms with Crippen LogP contribution in [0.5, 0.6) is 11.5 Å². The highest BCUT2D eigenvalue weighted by Crippen LogP contribution is 2.27. The van der Waals surface area contributed by atoms with Crippen LogP contribution in [0.1, 0.15) is 17.3 Å². The number of aliphatic carboxylic acids is 1. The number of ether oxygens (including phenoxy) is 2. The van der Waals surface area contributed by atoms with E-state index < -0.39 is 24.0 Å². The highest BCUT2D eigenvalue weighted by Gasteiger charge is 2.30. The van der Waals surface area contributed by atoms with Crippen molar-refractivity contribution in [3.05, 3.63) is 23.8 Å². The molecule has 1 aromatic rings. The van der Waals surface area contributed by atoms with Crippen molar-refractivity contribution in [3.8, 4) is 11.5 Å². The summed E-state index contributed by atoms with van der Waals surface area (Å²) in [6.45, 7) is 0.694. The Kier molecular flexibility index (Phi) is 4.93. The molecule has 0 aromatic heterocycles. The first-order valence-electron chi connectivity index (χ1n) is 5.78. The number of carboxylic acid groups (broad SMARTS) is 1. The Hall–Kier alpha value is -2.28. The molecular formula is C13H17NO6. The minimum atomic E-state index is -2.02. The lowest BCUT2D eigenvalue weighted by Gasteiger charge is -2.18. The van der Waals surface area contributed by atoms with Crippen LogP contribution in [0.2, 0.25) is 0 Å². The van der Waals surface area contributed by atoms with Crippen LogP contribution in [0.4, 0.5) is 0 Å². The molecule has 0 aliphatic rings. The number of hydrogen-bond donors (Lipinski definition) is 3. The Labute approximate surface area is 116 Å². The van der Waals surface area contributed by atoms with E-state index in [1.807, 2.05) is 0 Å². The molecule has 7 nitrogen and oxygen atoms in total. The molecule has 1 aromatic carbocycles. The van der Waals surface area contributed by atoms with Crippen LogP contribution in [-0.4, -0.2) is 48.5 Å². The van der Waals surface area contributed by atoms with Crippen LogP contribution in [0, 0.1) is 0 Å². The Morgan fingerprint density at radius 3 is 2.35 bits per heavy atom. The number of carbonyl (C=O) groups excluding carboxylic acids is 1. The van der Waals surface area contributed by atoms with Crippen molar-refractivity contribution in [2.24, 2.45) is 0 Å². The maximum atomic E-state index is 11.9. The zero-order chi connectivity index (χ0) is 15.3. The lowest BCUT2D eigenvalue weighted by molar-refractivity contribution is -0.155. The van der Waals surface area contributed by atoms with E-state index in [1.165, 1.54) is 26.4 Å². The van der Waals surface area contributed by atoms with Gasteiger partial charge in [0.25, 0.3) is 5.91 Å². The van der Waals surface area contributed by atoms with Crippen molar-refractivity contribution in [3.63, 3.8) is 0 Å². The van der Waals surface area contributed by atoms with Crippen molar-refractivity contribution in [1.29, 1.82) is 0 Å². The third-order valence-corrected chi connectivity index (χ3v) is 2.70. The second-order valence-corrected chi connectivity index (χ2v) is 4.33. The van der Waals surface area contributed by atoms with Gasteiger partial charge in [0.05, 0.1) is 20.8 Å². The summed E-state index contributed by atoms with van der Waals surface area (Å²) in [4.78, 5) is 22.6. The van der Waals surface area contributed by atoms with E-state index in [1.54, 1.807) is 6.07 Å². The van der Waals surface area contributed by atoms with E-state index in [0.29, 0.717) is 11.5 Å². The normalized spacial score (nSPS) is 13.2. The van der Waals surface area contributed by atoms with Crippen LogP contribution in [0.15, 0.2) is 18.2 Å². The van der Waals surface area contributed by atoms with Gasteiger partial charge in [-0.3, -0.25) is 4.79 Å². The predicted molar refractivity (Wildman–Crippen MR) is 70.1 cm³/mol. The van der Waals surface area contributed by atoms with Gasteiger partial charge in [-0.1, -0.05) is 0 Å². The third kappa shape index (κ3) is 3.61. The Morgan fingerprint density at radius 1 is 1.25 bits per heavy atom. The minimum Gasteiger partial charge on any atom is -0.493 e. The van der Waals surface area contributed by atoms with E-state index in [0.717, 1.165) is 6.92 Å². The summed E-state index contributed by atoms with van der Waals surface area (Å²) >= 11 is 0. The standard InChI is InChI=1S/C13H17NO6/c1-13(18,12(16)17)7-14-11(15)8-4-5-9(19-2)10(6-8)20-3/h4-6,18H,7H2,1-3H3,(H,14,15)(H,16,17). The van der Waals surface area contributed by atoms with Gasteiger partial charge in [0.2, 0.25) is 0 Å². The highest BCUT2D eigenvalue weighted by molar-refractivity contribution is 5.95. The fourth-order valence-electron chi connectivity index (χ4n) is 1.41. The molecule has 0 aliphatic heterocycles. The smallest absolute Gasteiger partial charge is 0.337 e. The number of carbonyl (C=O) groups is 2. The molecule has 0 heterocycles. The summed E-state index contributed by atoms with van der Waals surface area (Å²) in [5.41, 5.74) is -1.75. The number of aliphatic hydroxyl groups is 1. The second kappa shape index (κ2) is 6.25. The maximum absolute atomic E-state index is 11.9. The molecule has 1 atom stereocenters. The summed E-state index contributed by atoms with van der Waals surface area (Å²) in [7, 11) is 2.91. The quantitative estimate of drug-likeness (QED) is 0.692. The van der Waals surface area contributed by atoms with Gasteiger partial charge in [-0.2, -0.15) is 0 Å². The third-order valence-electron chi connectivity index (χ3n) is 2.70. The zero-order valence-electron chi connectivity index (χ0n) is 11.5. The fourth-order valence-corrected chi connectivity index (χ4v) is 1.41. The number of amides is 1. The van der Waals surface area contributed by atoms with Crippen molar-refractivity contribution in [1.82, 2.24) is 5.32 Å². The molecular weight excluding hydrogens is 266 g/mol. The first kappa shape index (κ1) is 15.8. The van der Waals surface area contributed by atoms with Gasteiger partial charge in [0.1, 0.15) is 0 Å². The van der Waals surface area contributed by atoms with Crippen LogP contribution < -0.4 is 14.8 Å². The van der Waals surface area contributed by atoms with Gasteiger partial charge in [-0.15, -0.1) is 0 Å². The van der Waals surface area contributed by atoms with Gasteiger partial charge in [0.15, 0.2) is 17.1 Å². The Bertz CT molecular complexity index is 512. The molecule has 0 spiro atoms. The summed E-state index contributed by atoms with van der Waals surface area (Å²) < 4.78 is 10.1. The lowest BCUT2D eigenvalue weighted by atomic mass is 10.1. The topological polar surface area (TPSA) is 105 Å². The van der Waals surface area contributed by atoms with Crippen LogP contribution in [0.25, 0.3) is 0 Å². The molecule has 20 heavy (non-hydrogen) atoms. The monoisotopic (exact) mass is 283 g/mol. The molecule has 3 N–H and O–H groups in total. The number of methoxy groups -OCH3 is 2. The Morgan fingerprint density at radius 2 is 1.85 bits per heavy atom. The summed E-state index contributed by atoms with van der Waals surface area (Å²) in [5, 5.41) is 20.6. The molecule has 0 aliphatic carbocycles. The van der Waals surface area contributed by atoms with E-state index in [9.17, 15) is 14.7 Å². The highest BCUT2D eigenvalue weighted by atomic mass is 16.5. The average molecular weight is 283 g/mol. The second-order valence-electron chi connectivity index (χ2n) is 4.33. The van der Waals surface area contributed by atoms with E-state index in [4.69, 9.17) is 14.6 Å². The van der Waals surface area contributed by atoms with Gasteiger partial charge < -0.3 is 25.0 Å². The molecule has 110 valence electrons. The molecule has 1 rings (SSSR count). The van der Waals surface area contributed by atoms with Gasteiger partial charge in [-0.25, -0.2) is 4.79 Å². The molecule has 0 saturated carbocycles. The van der Waals surface area contributed by atoms with Crippen molar-refractivity contribution >= 4 is 11.9 Å². The zero-order valence-corrected chi connectivity index (χ0v) is 11.5. The number of benzene rings is 1. The van der Waals surface area contributed by atoms with E-state index in [2.05, 4.69) is 5.32 Å². The summed E-state index contributed by atoms with van der Waals surface area (Å²) in [5.74, 6) is -1.08. The van der Waals surface area contributed by atoms with Crippen molar-refractivity contribution in [2.45, 2.75) is 12.5 Å². The number of nitrogens with one attached hydrogen (secondary N) is 1. The molecule has 1 unspecified atom stereocenters. The lowest BCUT2D eigenvalue weighted by Crippen LogP contribution is -2.46. The first-order valence-corrected chi connectivity index (χ1v) is 5.78. The number of hydrogen-bond acceptors (Lipinski definition) is 5. The molecule has 0 radical (unpaired) electrons. The van der Waals surface area contributed by atoms with Crippen LogP contribution in [-0.2, 0) is 4.79 Å². The minimum absolute atomic E-state index is 0.267. The van der Waals surface area contributed by atoms with Gasteiger partial charge in [0, 0.05) is 5.56 Å². The molecule has 0 fully saturated rings. The molecule has 7 heteroatoms. The largest absolute Gasteiger partial charge is 0.493 e. The van der Waals surface area contributed by atoms with Crippen molar-refractivity contribution < 1.29 is 29.3 Å². The van der Waals surface area contributed by atoms with E-state index in [-0.39, 0.29) is 5.56 Å². The van der Waals surface area contributed by atoms with E-state index >= 15 is 0 Å². The average Bonchev–Trinajstić information content (AvgIpc) is 2.43. The van der Waals surface area contributed by atoms with Crippen LogP contribution >= 0.6 is 0 Å². The fraction of sp³-hybridized carbons (Fsp3) is 0.385. The van der Waals surface area contributed by atoms with Gasteiger partial charge in [-0.05, 0) is 25.1 Å². The molecule has 0 bridgehead atoms. The number of carboxylic acids is 1. The number of rotatable bonds is 6. The molecule has 0 saturated heterocycles. The molecule has 1 amide bonds. The summed E-state index contributed by atoms with van der Waals surface area (Å²) in [6.07, 6.45) is 0. The SMILES string of the molecule is COc1ccc(C(=O)NCC(C)(O)C(=O)O)cc1OC. The predicted octanol–water partition coefficient (Wildman–Crippen LogP) is 0.269. The summed E-state index contributed by atoms with van der Waals surface area (Å²) in [6, 6.07) is 4.53. The maximum Gasteiger partial charge on any atom is 0.337 e.